The number of alkyl halides is 2. The molecule has 10 heteroatoms. The molecule has 7 nitrogen and oxygen atoms in total. The Kier molecular flexibility index (Phi) is 5.36. The van der Waals surface area contributed by atoms with Crippen molar-refractivity contribution in [2.45, 2.75) is 94.1 Å². The van der Waals surface area contributed by atoms with Crippen molar-refractivity contribution in [1.29, 1.82) is 0 Å². The molecule has 2 aliphatic heterocycles. The van der Waals surface area contributed by atoms with Gasteiger partial charge >= 0.3 is 5.97 Å². The van der Waals surface area contributed by atoms with Crippen LogP contribution in [0.5, 0.6) is 0 Å². The highest BCUT2D eigenvalue weighted by atomic mass is 32.2. The van der Waals surface area contributed by atoms with Gasteiger partial charge in [0, 0.05) is 23.2 Å². The molecule has 4 aliphatic carbocycles. The lowest BCUT2D eigenvalue weighted by Crippen LogP contribution is -2.70. The van der Waals surface area contributed by atoms with Gasteiger partial charge in [0.2, 0.25) is 5.12 Å². The number of cyclic esters (lactones) is 1. The molecule has 1 N–H and O–H groups in total. The second kappa shape index (κ2) is 7.73. The van der Waals surface area contributed by atoms with E-state index in [4.69, 9.17) is 14.2 Å². The number of aliphatic hydroxyl groups is 1. The Labute approximate surface area is 218 Å². The first-order chi connectivity index (χ1) is 17.2. The van der Waals surface area contributed by atoms with Crippen LogP contribution in [0.25, 0.3) is 0 Å². The number of hydrogen-bond acceptors (Lipinski definition) is 8. The molecule has 6 rings (SSSR count). The summed E-state index contributed by atoms with van der Waals surface area (Å²) in [6, 6.07) is 0. The van der Waals surface area contributed by atoms with Crippen LogP contribution in [0.1, 0.15) is 53.4 Å². The van der Waals surface area contributed by atoms with Crippen LogP contribution in [-0.4, -0.2) is 69.3 Å². The van der Waals surface area contributed by atoms with Gasteiger partial charge in [0.05, 0.1) is 18.8 Å². The summed E-state index contributed by atoms with van der Waals surface area (Å²) in [5.41, 5.74) is -6.37. The molecular formula is C27H32F2O7S. The maximum atomic E-state index is 17.4. The van der Waals surface area contributed by atoms with E-state index in [0.717, 1.165) is 17.8 Å². The average molecular weight is 539 g/mol. The zero-order chi connectivity index (χ0) is 26.8. The van der Waals surface area contributed by atoms with Crippen molar-refractivity contribution in [2.24, 2.45) is 22.7 Å². The molecule has 2 saturated heterocycles. The molecule has 0 unspecified atom stereocenters. The molecule has 0 spiro atoms. The zero-order valence-corrected chi connectivity index (χ0v) is 22.1. The smallest absolute Gasteiger partial charge is 0.319 e. The fourth-order valence-corrected chi connectivity index (χ4v) is 9.67. The molecule has 0 aromatic heterocycles. The van der Waals surface area contributed by atoms with Crippen molar-refractivity contribution in [2.75, 3.05) is 6.61 Å². The molecule has 202 valence electrons. The van der Waals surface area contributed by atoms with Gasteiger partial charge in [-0.05, 0) is 63.7 Å². The van der Waals surface area contributed by atoms with Crippen LogP contribution in [0.4, 0.5) is 8.78 Å². The Morgan fingerprint density at radius 1 is 1.16 bits per heavy atom. The van der Waals surface area contributed by atoms with Gasteiger partial charge in [-0.2, -0.15) is 0 Å². The van der Waals surface area contributed by atoms with Crippen LogP contribution in [0.3, 0.4) is 0 Å². The van der Waals surface area contributed by atoms with Gasteiger partial charge in [0.15, 0.2) is 22.8 Å². The number of fused-ring (bicyclic) bond motifs is 7. The van der Waals surface area contributed by atoms with Gasteiger partial charge in [-0.3, -0.25) is 14.4 Å². The number of ketones is 1. The minimum absolute atomic E-state index is 0.0503. The second-order valence-corrected chi connectivity index (χ2v) is 13.5. The summed E-state index contributed by atoms with van der Waals surface area (Å²) in [5.74, 6) is -3.50. The predicted molar refractivity (Wildman–Crippen MR) is 129 cm³/mol. The molecule has 0 radical (unpaired) electrons. The standard InChI is InChI=1S/C27H32F2O7S/c1-23(2)35-20-11-14-15-10-17(28)16-9-13(30)5-7-24(16,3)26(15,29)19(31)12-25(14,4)27(20,36-23)22(33)37-18-6-8-34-21(18)32/h5,7,9,14-15,17-20,31H,6,8,10-12H2,1-4H3/t14-,15-,17-,18-,19-,20+,24-,25-,26-,27-/m0/s1. The summed E-state index contributed by atoms with van der Waals surface area (Å²) in [6.45, 7) is 6.98. The van der Waals surface area contributed by atoms with Crippen LogP contribution in [0.2, 0.25) is 0 Å². The Bertz CT molecular complexity index is 1150. The molecule has 37 heavy (non-hydrogen) atoms. The van der Waals surface area contributed by atoms with Crippen molar-refractivity contribution in [1.82, 2.24) is 0 Å². The summed E-state index contributed by atoms with van der Waals surface area (Å²) < 4.78 is 50.8. The number of allylic oxidation sites excluding steroid dienone is 4. The lowest BCUT2D eigenvalue weighted by molar-refractivity contribution is -0.246. The quantitative estimate of drug-likeness (QED) is 0.535. The Morgan fingerprint density at radius 3 is 2.57 bits per heavy atom. The predicted octanol–water partition coefficient (Wildman–Crippen LogP) is 3.38. The number of rotatable bonds is 2. The van der Waals surface area contributed by atoms with Crippen molar-refractivity contribution in [3.05, 3.63) is 23.8 Å². The fourth-order valence-electron chi connectivity index (χ4n) is 8.45. The summed E-state index contributed by atoms with van der Waals surface area (Å²) in [5, 5.41) is 10.5. The van der Waals surface area contributed by atoms with Gasteiger partial charge in [0.1, 0.15) is 11.4 Å². The summed E-state index contributed by atoms with van der Waals surface area (Å²) >= 11 is 0.857. The summed E-state index contributed by atoms with van der Waals surface area (Å²) in [7, 11) is 0. The second-order valence-electron chi connectivity index (χ2n) is 12.3. The van der Waals surface area contributed by atoms with Crippen molar-refractivity contribution in [3.63, 3.8) is 0 Å². The Hall–Kier alpha value is -1.62. The van der Waals surface area contributed by atoms with E-state index in [1.165, 1.54) is 12.2 Å². The average Bonchev–Trinajstić information content (AvgIpc) is 3.41. The molecule has 0 amide bonds. The van der Waals surface area contributed by atoms with Crippen molar-refractivity contribution >= 4 is 28.6 Å². The third-order valence-corrected chi connectivity index (χ3v) is 11.3. The molecule has 10 atom stereocenters. The zero-order valence-electron chi connectivity index (χ0n) is 21.3. The van der Waals surface area contributed by atoms with Crippen molar-refractivity contribution < 1.29 is 42.5 Å². The van der Waals surface area contributed by atoms with Crippen LogP contribution < -0.4 is 0 Å². The number of thioether (sulfide) groups is 1. The lowest BCUT2D eigenvalue weighted by atomic mass is 9.44. The number of halogens is 2. The summed E-state index contributed by atoms with van der Waals surface area (Å²) in [6.07, 6.45) is 0.188. The molecule has 5 fully saturated rings. The van der Waals surface area contributed by atoms with Gasteiger partial charge in [-0.1, -0.05) is 24.8 Å². The maximum Gasteiger partial charge on any atom is 0.319 e. The van der Waals surface area contributed by atoms with E-state index in [0.29, 0.717) is 6.42 Å². The number of carbonyl (C=O) groups is 3. The monoisotopic (exact) mass is 538 g/mol. The number of esters is 1. The number of hydrogen-bond donors (Lipinski definition) is 1. The minimum atomic E-state index is -2.26. The van der Waals surface area contributed by atoms with Gasteiger partial charge in [0.25, 0.3) is 0 Å². The number of ether oxygens (including phenoxy) is 3. The van der Waals surface area contributed by atoms with Crippen LogP contribution in [0, 0.1) is 22.7 Å². The molecular weight excluding hydrogens is 506 g/mol. The molecule has 0 bridgehead atoms. The van der Waals surface area contributed by atoms with E-state index >= 15 is 8.78 Å². The van der Waals surface area contributed by atoms with Gasteiger partial charge in [-0.15, -0.1) is 0 Å². The molecule has 3 saturated carbocycles. The van der Waals surface area contributed by atoms with Crippen LogP contribution >= 0.6 is 11.8 Å². The molecule has 0 aromatic rings. The highest BCUT2D eigenvalue weighted by Crippen LogP contribution is 2.73. The first-order valence-corrected chi connectivity index (χ1v) is 13.8. The van der Waals surface area contributed by atoms with E-state index in [-0.39, 0.29) is 31.4 Å². The molecule has 2 heterocycles. The third-order valence-electron chi connectivity index (χ3n) is 10.1. The lowest BCUT2D eigenvalue weighted by Gasteiger charge is -2.63. The van der Waals surface area contributed by atoms with E-state index in [9.17, 15) is 19.5 Å². The maximum absolute atomic E-state index is 17.4. The number of carbonyl (C=O) groups excluding carboxylic acids is 3. The van der Waals surface area contributed by atoms with E-state index in [1.54, 1.807) is 27.7 Å². The van der Waals surface area contributed by atoms with Crippen molar-refractivity contribution in [3.8, 4) is 0 Å². The minimum Gasteiger partial charge on any atom is -0.465 e. The highest BCUT2D eigenvalue weighted by molar-refractivity contribution is 8.14. The van der Waals surface area contributed by atoms with E-state index < -0.39 is 80.2 Å². The largest absolute Gasteiger partial charge is 0.465 e. The number of aliphatic hydroxyl groups excluding tert-OH is 1. The Balaban J connectivity index is 1.44. The first kappa shape index (κ1) is 25.6. The van der Waals surface area contributed by atoms with Crippen LogP contribution in [-0.2, 0) is 28.6 Å². The Morgan fingerprint density at radius 2 is 1.89 bits per heavy atom. The molecule has 6 aliphatic rings. The van der Waals surface area contributed by atoms with Gasteiger partial charge < -0.3 is 19.3 Å². The fraction of sp³-hybridized carbons (Fsp3) is 0.741. The topological polar surface area (TPSA) is 99.1 Å². The molecule has 0 aromatic carbocycles. The van der Waals surface area contributed by atoms with E-state index in [2.05, 4.69) is 0 Å². The van der Waals surface area contributed by atoms with Crippen LogP contribution in [0.15, 0.2) is 23.8 Å². The first-order valence-electron chi connectivity index (χ1n) is 12.9. The third kappa shape index (κ3) is 3.07. The van der Waals surface area contributed by atoms with E-state index in [1.807, 2.05) is 0 Å². The van der Waals surface area contributed by atoms with Gasteiger partial charge in [-0.25, -0.2) is 8.78 Å². The normalized spacial score (nSPS) is 51.6. The summed E-state index contributed by atoms with van der Waals surface area (Å²) in [4.78, 5) is 38.3. The SMILES string of the molecule is CC1(C)O[C@@H]2C[C@H]3[C@@H]4C[C@H](F)C5=CC(=O)C=C[C@]5(C)[C@@]4(F)[C@@H](O)C[C@]3(C)[C@]2(C(=O)S[C@H]2CCOC2=O)O1. The highest BCUT2D eigenvalue weighted by Gasteiger charge is 2.81.